The van der Waals surface area contributed by atoms with Gasteiger partial charge in [-0.25, -0.2) is 0 Å². The molecule has 0 bridgehead atoms. The summed E-state index contributed by atoms with van der Waals surface area (Å²) in [5.74, 6) is 2.59. The van der Waals surface area contributed by atoms with Crippen LogP contribution in [0, 0.1) is 0 Å². The highest BCUT2D eigenvalue weighted by atomic mass is 32.2. The van der Waals surface area contributed by atoms with Crippen molar-refractivity contribution in [3.63, 3.8) is 0 Å². The van der Waals surface area contributed by atoms with Crippen molar-refractivity contribution in [1.29, 1.82) is 0 Å². The first-order valence-corrected chi connectivity index (χ1v) is 5.88. The molecule has 0 spiro atoms. The van der Waals surface area contributed by atoms with Crippen molar-refractivity contribution < 1.29 is 4.74 Å². The Kier molecular flexibility index (Phi) is 9.57. The van der Waals surface area contributed by atoms with Crippen LogP contribution >= 0.6 is 11.8 Å². The average molecular weight is 191 g/mol. The van der Waals surface area contributed by atoms with E-state index >= 15 is 0 Å². The Morgan fingerprint density at radius 1 is 1.25 bits per heavy atom. The molecule has 0 radical (unpaired) electrons. The lowest BCUT2D eigenvalue weighted by Gasteiger charge is -2.25. The normalized spacial score (nSPS) is 18.2. The summed E-state index contributed by atoms with van der Waals surface area (Å²) >= 11 is 2.05. The Hall–Kier alpha value is 0.270. The standard InChI is InChI=1S/C7H15NOS.C2H6/c1-9-5-2-8-3-6-10-7-4-8;1-2/h2-7H2,1H3;1-2H3. The SMILES string of the molecule is CC.COCCN1CCSCC1. The van der Waals surface area contributed by atoms with Crippen molar-refractivity contribution in [1.82, 2.24) is 4.90 Å². The summed E-state index contributed by atoms with van der Waals surface area (Å²) in [4.78, 5) is 2.46. The average Bonchev–Trinajstić information content (AvgIpc) is 2.19. The molecule has 12 heavy (non-hydrogen) atoms. The van der Waals surface area contributed by atoms with Crippen molar-refractivity contribution >= 4 is 11.8 Å². The van der Waals surface area contributed by atoms with Crippen LogP contribution in [0.15, 0.2) is 0 Å². The van der Waals surface area contributed by atoms with E-state index in [9.17, 15) is 0 Å². The van der Waals surface area contributed by atoms with Gasteiger partial charge < -0.3 is 4.74 Å². The molecule has 1 rings (SSSR count). The summed E-state index contributed by atoms with van der Waals surface area (Å²) in [6.45, 7) is 8.48. The van der Waals surface area contributed by atoms with Gasteiger partial charge in [-0.3, -0.25) is 4.90 Å². The predicted molar refractivity (Wildman–Crippen MR) is 57.0 cm³/mol. The zero-order valence-electron chi connectivity index (χ0n) is 8.51. The van der Waals surface area contributed by atoms with Crippen molar-refractivity contribution in [2.45, 2.75) is 13.8 Å². The molecule has 0 unspecified atom stereocenters. The third kappa shape index (κ3) is 5.86. The fourth-order valence-corrected chi connectivity index (χ4v) is 2.02. The van der Waals surface area contributed by atoms with Crippen LogP contribution in [-0.2, 0) is 4.74 Å². The van der Waals surface area contributed by atoms with Gasteiger partial charge in [0.1, 0.15) is 0 Å². The van der Waals surface area contributed by atoms with Gasteiger partial charge in [0.05, 0.1) is 6.61 Å². The summed E-state index contributed by atoms with van der Waals surface area (Å²) in [6, 6.07) is 0. The second-order valence-corrected chi connectivity index (χ2v) is 3.67. The summed E-state index contributed by atoms with van der Waals surface area (Å²) in [5.41, 5.74) is 0. The molecule has 1 aliphatic heterocycles. The molecule has 1 heterocycles. The fraction of sp³-hybridized carbons (Fsp3) is 1.00. The van der Waals surface area contributed by atoms with Crippen LogP contribution in [-0.4, -0.2) is 49.8 Å². The largest absolute Gasteiger partial charge is 0.383 e. The highest BCUT2D eigenvalue weighted by molar-refractivity contribution is 7.99. The van der Waals surface area contributed by atoms with Gasteiger partial charge in [0, 0.05) is 38.2 Å². The summed E-state index contributed by atoms with van der Waals surface area (Å²) < 4.78 is 5.00. The number of rotatable bonds is 3. The first kappa shape index (κ1) is 12.3. The molecule has 74 valence electrons. The summed E-state index contributed by atoms with van der Waals surface area (Å²) in [5, 5.41) is 0. The van der Waals surface area contributed by atoms with Crippen molar-refractivity contribution in [3.8, 4) is 0 Å². The minimum atomic E-state index is 0.880. The maximum absolute atomic E-state index is 5.00. The number of hydrogen-bond donors (Lipinski definition) is 0. The molecule has 0 amide bonds. The van der Waals surface area contributed by atoms with Crippen LogP contribution < -0.4 is 0 Å². The van der Waals surface area contributed by atoms with Crippen LogP contribution in [0.5, 0.6) is 0 Å². The molecule has 1 aliphatic rings. The molecule has 0 aromatic carbocycles. The van der Waals surface area contributed by atoms with E-state index < -0.39 is 0 Å². The van der Waals surface area contributed by atoms with Gasteiger partial charge in [0.25, 0.3) is 0 Å². The number of hydrogen-bond acceptors (Lipinski definition) is 3. The van der Waals surface area contributed by atoms with E-state index in [-0.39, 0.29) is 0 Å². The second-order valence-electron chi connectivity index (χ2n) is 2.45. The van der Waals surface area contributed by atoms with E-state index in [1.165, 1.54) is 24.6 Å². The Balaban J connectivity index is 0.000000561. The summed E-state index contributed by atoms with van der Waals surface area (Å²) in [7, 11) is 1.76. The maximum Gasteiger partial charge on any atom is 0.0589 e. The molecule has 0 aromatic heterocycles. The molecule has 0 aliphatic carbocycles. The molecule has 0 aromatic rings. The smallest absolute Gasteiger partial charge is 0.0589 e. The molecule has 3 heteroatoms. The van der Waals surface area contributed by atoms with Gasteiger partial charge in [-0.15, -0.1) is 0 Å². The molecule has 1 fully saturated rings. The minimum absolute atomic E-state index is 0.880. The Morgan fingerprint density at radius 3 is 2.33 bits per heavy atom. The van der Waals surface area contributed by atoms with Crippen LogP contribution in [0.25, 0.3) is 0 Å². The fourth-order valence-electron chi connectivity index (χ4n) is 1.05. The summed E-state index contributed by atoms with van der Waals surface area (Å²) in [6.07, 6.45) is 0. The molecule has 1 saturated heterocycles. The van der Waals surface area contributed by atoms with E-state index in [1.54, 1.807) is 7.11 Å². The molecule has 2 nitrogen and oxygen atoms in total. The van der Waals surface area contributed by atoms with E-state index in [2.05, 4.69) is 4.90 Å². The van der Waals surface area contributed by atoms with Gasteiger partial charge in [-0.2, -0.15) is 11.8 Å². The Morgan fingerprint density at radius 2 is 1.83 bits per heavy atom. The van der Waals surface area contributed by atoms with Crippen molar-refractivity contribution in [2.24, 2.45) is 0 Å². The zero-order chi connectivity index (χ0) is 9.23. The lowest BCUT2D eigenvalue weighted by molar-refractivity contribution is 0.154. The first-order chi connectivity index (χ1) is 5.93. The molecular weight excluding hydrogens is 170 g/mol. The van der Waals surface area contributed by atoms with E-state index in [0.29, 0.717) is 0 Å². The lowest BCUT2D eigenvalue weighted by Crippen LogP contribution is -2.34. The zero-order valence-corrected chi connectivity index (χ0v) is 9.32. The second kappa shape index (κ2) is 9.36. The van der Waals surface area contributed by atoms with Crippen LogP contribution in [0.1, 0.15) is 13.8 Å². The van der Waals surface area contributed by atoms with E-state index in [4.69, 9.17) is 4.74 Å². The van der Waals surface area contributed by atoms with Crippen LogP contribution in [0.3, 0.4) is 0 Å². The van der Waals surface area contributed by atoms with Gasteiger partial charge in [-0.05, 0) is 0 Å². The number of thioether (sulfide) groups is 1. The number of methoxy groups -OCH3 is 1. The monoisotopic (exact) mass is 191 g/mol. The quantitative estimate of drug-likeness (QED) is 0.674. The van der Waals surface area contributed by atoms with Crippen molar-refractivity contribution in [3.05, 3.63) is 0 Å². The maximum atomic E-state index is 5.00. The van der Waals surface area contributed by atoms with Gasteiger partial charge in [0.2, 0.25) is 0 Å². The van der Waals surface area contributed by atoms with Gasteiger partial charge in [-0.1, -0.05) is 13.8 Å². The third-order valence-corrected chi connectivity index (χ3v) is 2.66. The Labute approximate surface area is 80.7 Å². The van der Waals surface area contributed by atoms with E-state index in [1.807, 2.05) is 25.6 Å². The molecule has 0 N–H and O–H groups in total. The highest BCUT2D eigenvalue weighted by Crippen LogP contribution is 2.07. The molecule has 0 saturated carbocycles. The molecular formula is C9H21NOS. The third-order valence-electron chi connectivity index (χ3n) is 1.72. The number of nitrogens with zero attached hydrogens (tertiary/aromatic N) is 1. The van der Waals surface area contributed by atoms with Gasteiger partial charge in [0.15, 0.2) is 0 Å². The Bertz CT molecular complexity index is 84.6. The highest BCUT2D eigenvalue weighted by Gasteiger charge is 2.08. The first-order valence-electron chi connectivity index (χ1n) is 4.72. The molecule has 0 atom stereocenters. The van der Waals surface area contributed by atoms with Gasteiger partial charge >= 0.3 is 0 Å². The van der Waals surface area contributed by atoms with Crippen LogP contribution in [0.2, 0.25) is 0 Å². The lowest BCUT2D eigenvalue weighted by atomic mass is 10.5. The van der Waals surface area contributed by atoms with Crippen molar-refractivity contribution in [2.75, 3.05) is 44.9 Å². The van der Waals surface area contributed by atoms with E-state index in [0.717, 1.165) is 13.2 Å². The minimum Gasteiger partial charge on any atom is -0.383 e. The number of ether oxygens (including phenoxy) is 1. The topological polar surface area (TPSA) is 12.5 Å². The predicted octanol–water partition coefficient (Wildman–Crippen LogP) is 1.71. The van der Waals surface area contributed by atoms with Crippen LogP contribution in [0.4, 0.5) is 0 Å².